The second-order valence-corrected chi connectivity index (χ2v) is 3.10. The van der Waals surface area contributed by atoms with E-state index in [0.717, 1.165) is 11.3 Å². The van der Waals surface area contributed by atoms with Crippen molar-refractivity contribution >= 4 is 11.6 Å². The van der Waals surface area contributed by atoms with E-state index in [-0.39, 0.29) is 11.4 Å². The molecule has 4 heteroatoms. The Kier molecular flexibility index (Phi) is 3.20. The van der Waals surface area contributed by atoms with Gasteiger partial charge in [0.15, 0.2) is 0 Å². The van der Waals surface area contributed by atoms with Gasteiger partial charge in [0.1, 0.15) is 0 Å². The van der Waals surface area contributed by atoms with Gasteiger partial charge in [-0.25, -0.2) is 8.78 Å². The van der Waals surface area contributed by atoms with E-state index in [2.05, 4.69) is 4.98 Å². The number of alkyl halides is 3. The van der Waals surface area contributed by atoms with Crippen LogP contribution in [0.5, 0.6) is 0 Å². The monoisotopic (exact) mass is 205 g/mol. The Bertz CT molecular complexity index is 313. The number of pyridine rings is 1. The molecular formula is C9H10ClF2N. The lowest BCUT2D eigenvalue weighted by Crippen LogP contribution is -2.00. The lowest BCUT2D eigenvalue weighted by molar-refractivity contribution is 0.150. The smallest absolute Gasteiger partial charge is 0.261 e. The third kappa shape index (κ3) is 1.97. The molecular weight excluding hydrogens is 196 g/mol. The summed E-state index contributed by atoms with van der Waals surface area (Å²) in [5.41, 5.74) is 1.95. The SMILES string of the molecule is Cc1ncc(C(F)F)c(CCl)c1C. The molecule has 13 heavy (non-hydrogen) atoms. The Hall–Kier alpha value is -0.700. The second kappa shape index (κ2) is 4.01. The molecule has 1 aromatic heterocycles. The molecule has 72 valence electrons. The Labute approximate surface area is 80.7 Å². The molecule has 0 radical (unpaired) electrons. The molecule has 0 fully saturated rings. The fourth-order valence-electron chi connectivity index (χ4n) is 1.14. The third-order valence-corrected chi connectivity index (χ3v) is 2.38. The summed E-state index contributed by atoms with van der Waals surface area (Å²) in [5, 5.41) is 0. The van der Waals surface area contributed by atoms with E-state index >= 15 is 0 Å². The molecule has 0 aliphatic carbocycles. The maximum atomic E-state index is 12.4. The minimum atomic E-state index is -2.50. The molecule has 0 aliphatic rings. The first-order valence-corrected chi connectivity index (χ1v) is 4.40. The average molecular weight is 206 g/mol. The maximum absolute atomic E-state index is 12.4. The Morgan fingerprint density at radius 3 is 2.54 bits per heavy atom. The van der Waals surface area contributed by atoms with Crippen molar-refractivity contribution in [3.8, 4) is 0 Å². The summed E-state index contributed by atoms with van der Waals surface area (Å²) in [6.07, 6.45) is -1.30. The van der Waals surface area contributed by atoms with E-state index in [1.54, 1.807) is 13.8 Å². The topological polar surface area (TPSA) is 12.9 Å². The van der Waals surface area contributed by atoms with E-state index < -0.39 is 6.43 Å². The second-order valence-electron chi connectivity index (χ2n) is 2.84. The highest BCUT2D eigenvalue weighted by molar-refractivity contribution is 6.17. The number of hydrogen-bond donors (Lipinski definition) is 0. The van der Waals surface area contributed by atoms with E-state index in [9.17, 15) is 8.78 Å². The van der Waals surface area contributed by atoms with Crippen LogP contribution in [0, 0.1) is 13.8 Å². The Morgan fingerprint density at radius 1 is 1.46 bits per heavy atom. The summed E-state index contributed by atoms with van der Waals surface area (Å²) in [7, 11) is 0. The van der Waals surface area contributed by atoms with Gasteiger partial charge in [-0.05, 0) is 25.0 Å². The van der Waals surface area contributed by atoms with Gasteiger partial charge in [-0.1, -0.05) is 0 Å². The van der Waals surface area contributed by atoms with Crippen LogP contribution in [0.2, 0.25) is 0 Å². The highest BCUT2D eigenvalue weighted by Gasteiger charge is 2.15. The third-order valence-electron chi connectivity index (χ3n) is 2.11. The molecule has 0 saturated heterocycles. The highest BCUT2D eigenvalue weighted by Crippen LogP contribution is 2.26. The molecule has 1 heterocycles. The van der Waals surface area contributed by atoms with Gasteiger partial charge in [-0.2, -0.15) is 0 Å². The minimum absolute atomic E-state index is 0.0573. The zero-order valence-corrected chi connectivity index (χ0v) is 8.20. The van der Waals surface area contributed by atoms with Gasteiger partial charge in [-0.3, -0.25) is 4.98 Å². The zero-order valence-electron chi connectivity index (χ0n) is 7.44. The number of nitrogens with zero attached hydrogens (tertiary/aromatic N) is 1. The normalized spacial score (nSPS) is 10.9. The van der Waals surface area contributed by atoms with Crippen molar-refractivity contribution in [2.45, 2.75) is 26.2 Å². The fourth-order valence-corrected chi connectivity index (χ4v) is 1.50. The highest BCUT2D eigenvalue weighted by atomic mass is 35.5. The predicted octanol–water partition coefficient (Wildman–Crippen LogP) is 3.37. The largest absolute Gasteiger partial charge is 0.265 e. The van der Waals surface area contributed by atoms with Crippen molar-refractivity contribution in [3.05, 3.63) is 28.6 Å². The molecule has 1 rings (SSSR count). The van der Waals surface area contributed by atoms with Crippen LogP contribution in [-0.4, -0.2) is 4.98 Å². The quantitative estimate of drug-likeness (QED) is 0.675. The van der Waals surface area contributed by atoms with Crippen molar-refractivity contribution in [2.75, 3.05) is 0 Å². The lowest BCUT2D eigenvalue weighted by Gasteiger charge is -2.10. The summed E-state index contributed by atoms with van der Waals surface area (Å²) in [6.45, 7) is 3.53. The van der Waals surface area contributed by atoms with Crippen LogP contribution in [0.4, 0.5) is 8.78 Å². The van der Waals surface area contributed by atoms with Gasteiger partial charge in [-0.15, -0.1) is 11.6 Å². The van der Waals surface area contributed by atoms with Gasteiger partial charge in [0.2, 0.25) is 0 Å². The number of hydrogen-bond acceptors (Lipinski definition) is 1. The van der Waals surface area contributed by atoms with Gasteiger partial charge >= 0.3 is 0 Å². The van der Waals surface area contributed by atoms with E-state index in [4.69, 9.17) is 11.6 Å². The van der Waals surface area contributed by atoms with Crippen molar-refractivity contribution in [3.63, 3.8) is 0 Å². The van der Waals surface area contributed by atoms with Crippen LogP contribution in [-0.2, 0) is 5.88 Å². The average Bonchev–Trinajstić information content (AvgIpc) is 2.09. The van der Waals surface area contributed by atoms with Gasteiger partial charge in [0, 0.05) is 23.3 Å². The van der Waals surface area contributed by atoms with Gasteiger partial charge < -0.3 is 0 Å². The first-order valence-electron chi connectivity index (χ1n) is 3.87. The molecule has 0 saturated carbocycles. The van der Waals surface area contributed by atoms with Crippen molar-refractivity contribution in [1.82, 2.24) is 4.98 Å². The van der Waals surface area contributed by atoms with E-state index in [0.29, 0.717) is 5.56 Å². The summed E-state index contributed by atoms with van der Waals surface area (Å²) in [4.78, 5) is 3.87. The number of aryl methyl sites for hydroxylation is 1. The standard InChI is InChI=1S/C9H10ClF2N/c1-5-6(2)13-4-8(9(11)12)7(5)3-10/h4,9H,3H2,1-2H3. The number of rotatable bonds is 2. The minimum Gasteiger partial charge on any atom is -0.261 e. The maximum Gasteiger partial charge on any atom is 0.265 e. The van der Waals surface area contributed by atoms with Crippen molar-refractivity contribution < 1.29 is 8.78 Å². The molecule has 0 N–H and O–H groups in total. The molecule has 0 unspecified atom stereocenters. The summed E-state index contributed by atoms with van der Waals surface area (Å²) < 4.78 is 24.9. The molecule has 0 bridgehead atoms. The van der Waals surface area contributed by atoms with E-state index in [1.165, 1.54) is 6.20 Å². The van der Waals surface area contributed by atoms with Crippen molar-refractivity contribution in [2.24, 2.45) is 0 Å². The molecule has 1 nitrogen and oxygen atoms in total. The van der Waals surface area contributed by atoms with Crippen molar-refractivity contribution in [1.29, 1.82) is 0 Å². The summed E-state index contributed by atoms with van der Waals surface area (Å²) in [6, 6.07) is 0. The molecule has 0 spiro atoms. The molecule has 0 amide bonds. The summed E-state index contributed by atoms with van der Waals surface area (Å²) in [5.74, 6) is 0.106. The first kappa shape index (κ1) is 10.4. The Morgan fingerprint density at radius 2 is 2.08 bits per heavy atom. The van der Waals surface area contributed by atoms with E-state index in [1.807, 2.05) is 0 Å². The molecule has 0 aliphatic heterocycles. The number of halogens is 3. The van der Waals surface area contributed by atoms with Gasteiger partial charge in [0.05, 0.1) is 0 Å². The van der Waals surface area contributed by atoms with Crippen LogP contribution >= 0.6 is 11.6 Å². The zero-order chi connectivity index (χ0) is 10.0. The lowest BCUT2D eigenvalue weighted by atomic mass is 10.0. The molecule has 0 atom stereocenters. The molecule has 0 aromatic carbocycles. The first-order chi connectivity index (χ1) is 6.07. The van der Waals surface area contributed by atoms with Crippen LogP contribution < -0.4 is 0 Å². The number of aromatic nitrogens is 1. The van der Waals surface area contributed by atoms with Crippen LogP contribution in [0.15, 0.2) is 6.20 Å². The van der Waals surface area contributed by atoms with Crippen LogP contribution in [0.25, 0.3) is 0 Å². The predicted molar refractivity (Wildman–Crippen MR) is 48.2 cm³/mol. The molecule has 1 aromatic rings. The van der Waals surface area contributed by atoms with Gasteiger partial charge in [0.25, 0.3) is 6.43 Å². The van der Waals surface area contributed by atoms with Crippen LogP contribution in [0.1, 0.15) is 28.8 Å². The summed E-state index contributed by atoms with van der Waals surface area (Å²) >= 11 is 5.59. The van der Waals surface area contributed by atoms with Crippen LogP contribution in [0.3, 0.4) is 0 Å². The Balaban J connectivity index is 3.30. The fraction of sp³-hybridized carbons (Fsp3) is 0.444.